The quantitative estimate of drug-likeness (QED) is 0.737. The summed E-state index contributed by atoms with van der Waals surface area (Å²) in [6, 6.07) is 17.1. The highest BCUT2D eigenvalue weighted by molar-refractivity contribution is 5.66. The second-order valence-corrected chi connectivity index (χ2v) is 7.00. The van der Waals surface area contributed by atoms with Crippen molar-refractivity contribution in [1.29, 1.82) is 0 Å². The van der Waals surface area contributed by atoms with E-state index < -0.39 is 0 Å². The number of nitrogen functional groups attached to an aromatic ring is 1. The summed E-state index contributed by atoms with van der Waals surface area (Å²) in [6.45, 7) is 1.89. The zero-order valence-electron chi connectivity index (χ0n) is 15.2. The molecule has 2 aromatic carbocycles. The van der Waals surface area contributed by atoms with Gasteiger partial charge in [0, 0.05) is 18.3 Å². The van der Waals surface area contributed by atoms with E-state index in [-0.39, 0.29) is 17.8 Å². The number of anilines is 1. The minimum atomic E-state index is -0.250. The third-order valence-corrected chi connectivity index (χ3v) is 5.15. The zero-order chi connectivity index (χ0) is 18.6. The van der Waals surface area contributed by atoms with E-state index in [2.05, 4.69) is 39.1 Å². The highest BCUT2D eigenvalue weighted by atomic mass is 19.1. The fraction of sp³-hybridized carbons (Fsp3) is 0.273. The fourth-order valence-corrected chi connectivity index (χ4v) is 3.82. The second kappa shape index (κ2) is 7.84. The van der Waals surface area contributed by atoms with Gasteiger partial charge in [-0.25, -0.2) is 14.4 Å². The van der Waals surface area contributed by atoms with Crippen LogP contribution in [-0.4, -0.2) is 21.4 Å². The molecule has 3 aromatic rings. The summed E-state index contributed by atoms with van der Waals surface area (Å²) in [5.74, 6) is 0.0288. The molecule has 5 heteroatoms. The molecule has 2 N–H and O–H groups in total. The Bertz CT molecular complexity index is 896. The van der Waals surface area contributed by atoms with Crippen molar-refractivity contribution in [3.05, 3.63) is 77.9 Å². The lowest BCUT2D eigenvalue weighted by molar-refractivity contribution is 0.137. The van der Waals surface area contributed by atoms with Crippen LogP contribution in [0.2, 0.25) is 0 Å². The van der Waals surface area contributed by atoms with Crippen LogP contribution in [0.25, 0.3) is 11.1 Å². The monoisotopic (exact) mass is 362 g/mol. The average molecular weight is 362 g/mol. The summed E-state index contributed by atoms with van der Waals surface area (Å²) >= 11 is 0. The van der Waals surface area contributed by atoms with E-state index in [1.54, 1.807) is 18.3 Å². The van der Waals surface area contributed by atoms with Crippen molar-refractivity contribution in [2.75, 3.05) is 12.3 Å². The molecule has 0 bridgehead atoms. The van der Waals surface area contributed by atoms with Gasteiger partial charge >= 0.3 is 0 Å². The number of piperidine rings is 1. The highest BCUT2D eigenvalue weighted by Gasteiger charge is 2.28. The molecule has 27 heavy (non-hydrogen) atoms. The molecule has 0 amide bonds. The number of aromatic nitrogens is 2. The maximum Gasteiger partial charge on any atom is 0.220 e. The summed E-state index contributed by atoms with van der Waals surface area (Å²) in [5.41, 5.74) is 9.99. The van der Waals surface area contributed by atoms with Crippen molar-refractivity contribution in [3.63, 3.8) is 0 Å². The zero-order valence-corrected chi connectivity index (χ0v) is 15.2. The van der Waals surface area contributed by atoms with Crippen LogP contribution in [0.4, 0.5) is 10.3 Å². The molecule has 0 spiro atoms. The predicted molar refractivity (Wildman–Crippen MR) is 105 cm³/mol. The molecule has 1 aliphatic rings. The summed E-state index contributed by atoms with van der Waals surface area (Å²) in [5, 5.41) is 0. The van der Waals surface area contributed by atoms with Crippen molar-refractivity contribution < 1.29 is 4.39 Å². The Morgan fingerprint density at radius 2 is 1.81 bits per heavy atom. The number of likely N-dealkylation sites (tertiary alicyclic amines) is 1. The van der Waals surface area contributed by atoms with Crippen LogP contribution in [0.3, 0.4) is 0 Å². The Hall–Kier alpha value is -2.79. The van der Waals surface area contributed by atoms with E-state index in [9.17, 15) is 4.39 Å². The molecule has 0 saturated carbocycles. The van der Waals surface area contributed by atoms with Gasteiger partial charge in [-0.2, -0.15) is 0 Å². The van der Waals surface area contributed by atoms with Gasteiger partial charge in [0.15, 0.2) is 0 Å². The van der Waals surface area contributed by atoms with Gasteiger partial charge in [-0.15, -0.1) is 0 Å². The van der Waals surface area contributed by atoms with Crippen LogP contribution in [-0.2, 0) is 6.54 Å². The molecular weight excluding hydrogens is 339 g/mol. The normalized spacial score (nSPS) is 17.7. The van der Waals surface area contributed by atoms with Gasteiger partial charge in [-0.3, -0.25) is 4.90 Å². The lowest BCUT2D eigenvalue weighted by Crippen LogP contribution is -2.34. The number of nitrogens with two attached hydrogens (primary N) is 1. The largest absolute Gasteiger partial charge is 0.368 e. The van der Waals surface area contributed by atoms with E-state index in [1.165, 1.54) is 24.1 Å². The van der Waals surface area contributed by atoms with Crippen molar-refractivity contribution in [1.82, 2.24) is 14.9 Å². The number of hydrogen-bond donors (Lipinski definition) is 1. The molecule has 4 rings (SSSR count). The molecule has 0 radical (unpaired) electrons. The molecule has 0 unspecified atom stereocenters. The van der Waals surface area contributed by atoms with Gasteiger partial charge in [-0.05, 0) is 42.6 Å². The van der Waals surface area contributed by atoms with Crippen LogP contribution in [0.5, 0.6) is 0 Å². The first kappa shape index (κ1) is 17.6. The van der Waals surface area contributed by atoms with E-state index in [1.807, 2.05) is 6.07 Å². The molecule has 138 valence electrons. The average Bonchev–Trinajstić information content (AvgIpc) is 2.70. The number of rotatable bonds is 4. The molecule has 0 aliphatic carbocycles. The van der Waals surface area contributed by atoms with Crippen LogP contribution in [0.1, 0.15) is 36.6 Å². The molecule has 1 aliphatic heterocycles. The van der Waals surface area contributed by atoms with Crippen LogP contribution >= 0.6 is 0 Å². The standard InChI is InChI=1S/C22H23FN4/c23-18-11-9-17(10-12-18)19-14-25-22(24)26-21(19)20-8-4-5-13-27(20)15-16-6-2-1-3-7-16/h1-3,6-7,9-12,14,20H,4-5,8,13,15H2,(H2,24,25,26)/t20-/m0/s1. The van der Waals surface area contributed by atoms with Crippen LogP contribution < -0.4 is 5.73 Å². The minimum Gasteiger partial charge on any atom is -0.368 e. The Morgan fingerprint density at radius 3 is 2.59 bits per heavy atom. The second-order valence-electron chi connectivity index (χ2n) is 7.00. The SMILES string of the molecule is Nc1ncc(-c2ccc(F)cc2)c([C@@H]2CCCCN2Cc2ccccc2)n1. The Labute approximate surface area is 158 Å². The maximum absolute atomic E-state index is 13.4. The molecule has 4 nitrogen and oxygen atoms in total. The highest BCUT2D eigenvalue weighted by Crippen LogP contribution is 2.36. The lowest BCUT2D eigenvalue weighted by atomic mass is 9.93. The first-order valence-corrected chi connectivity index (χ1v) is 9.37. The third-order valence-electron chi connectivity index (χ3n) is 5.15. The smallest absolute Gasteiger partial charge is 0.220 e. The van der Waals surface area contributed by atoms with E-state index in [0.717, 1.165) is 42.8 Å². The maximum atomic E-state index is 13.4. The lowest BCUT2D eigenvalue weighted by Gasteiger charge is -2.36. The van der Waals surface area contributed by atoms with E-state index in [0.29, 0.717) is 0 Å². The van der Waals surface area contributed by atoms with Gasteiger partial charge in [0.25, 0.3) is 0 Å². The summed E-state index contributed by atoms with van der Waals surface area (Å²) in [7, 11) is 0. The number of nitrogens with zero attached hydrogens (tertiary/aromatic N) is 3. The first-order chi connectivity index (χ1) is 13.2. The summed E-state index contributed by atoms with van der Waals surface area (Å²) in [4.78, 5) is 11.3. The third kappa shape index (κ3) is 3.98. The molecule has 1 aromatic heterocycles. The van der Waals surface area contributed by atoms with Gasteiger partial charge < -0.3 is 5.73 Å². The van der Waals surface area contributed by atoms with Crippen molar-refractivity contribution in [3.8, 4) is 11.1 Å². The summed E-state index contributed by atoms with van der Waals surface area (Å²) < 4.78 is 13.4. The van der Waals surface area contributed by atoms with E-state index >= 15 is 0 Å². The van der Waals surface area contributed by atoms with Gasteiger partial charge in [0.05, 0.1) is 11.7 Å². The Kier molecular flexibility index (Phi) is 5.12. The molecular formula is C22H23FN4. The van der Waals surface area contributed by atoms with Crippen LogP contribution in [0.15, 0.2) is 60.8 Å². The number of halogens is 1. The van der Waals surface area contributed by atoms with E-state index in [4.69, 9.17) is 5.73 Å². The first-order valence-electron chi connectivity index (χ1n) is 9.37. The predicted octanol–water partition coefficient (Wildman–Crippen LogP) is 4.59. The van der Waals surface area contributed by atoms with Gasteiger partial charge in [0.2, 0.25) is 5.95 Å². The van der Waals surface area contributed by atoms with Crippen molar-refractivity contribution in [2.24, 2.45) is 0 Å². The molecule has 1 saturated heterocycles. The topological polar surface area (TPSA) is 55.0 Å². The molecule has 2 heterocycles. The fourth-order valence-electron chi connectivity index (χ4n) is 3.82. The molecule has 1 fully saturated rings. The van der Waals surface area contributed by atoms with Crippen molar-refractivity contribution >= 4 is 5.95 Å². The summed E-state index contributed by atoms with van der Waals surface area (Å²) in [6.07, 6.45) is 5.12. The number of hydrogen-bond acceptors (Lipinski definition) is 4. The Balaban J connectivity index is 1.71. The van der Waals surface area contributed by atoms with Gasteiger partial charge in [-0.1, -0.05) is 48.9 Å². The van der Waals surface area contributed by atoms with Gasteiger partial charge in [0.1, 0.15) is 5.82 Å². The molecule has 1 atom stereocenters. The van der Waals surface area contributed by atoms with Crippen molar-refractivity contribution in [2.45, 2.75) is 31.8 Å². The minimum absolute atomic E-state index is 0.171. The number of benzene rings is 2. The van der Waals surface area contributed by atoms with Crippen LogP contribution in [0, 0.1) is 5.82 Å². The Morgan fingerprint density at radius 1 is 1.04 bits per heavy atom.